The van der Waals surface area contributed by atoms with Crippen molar-refractivity contribution in [3.8, 4) is 0 Å². The van der Waals surface area contributed by atoms with Crippen LogP contribution < -0.4 is 0 Å². The summed E-state index contributed by atoms with van der Waals surface area (Å²) in [5.74, 6) is -0.290. The first-order valence-corrected chi connectivity index (χ1v) is 4.87. The number of hydrogen-bond donors (Lipinski definition) is 0. The second-order valence-corrected chi connectivity index (χ2v) is 3.95. The van der Waals surface area contributed by atoms with Crippen LogP contribution in [-0.4, -0.2) is 29.4 Å². The Morgan fingerprint density at radius 2 is 2.20 bits per heavy atom. The Morgan fingerprint density at radius 1 is 1.53 bits per heavy atom. The maximum Gasteiger partial charge on any atom is 0.255 e. The number of nitrogens with zero attached hydrogens (tertiary/aromatic N) is 2. The Balaban J connectivity index is 2.72. The molecule has 15 heavy (non-hydrogen) atoms. The van der Waals surface area contributed by atoms with Gasteiger partial charge in [-0.1, -0.05) is 13.8 Å². The normalized spacial score (nSPS) is 10.5. The van der Waals surface area contributed by atoms with E-state index in [-0.39, 0.29) is 5.91 Å². The average Bonchev–Trinajstić information content (AvgIpc) is 2.17. The third kappa shape index (κ3) is 3.31. The van der Waals surface area contributed by atoms with Gasteiger partial charge in [-0.15, -0.1) is 0 Å². The first-order valence-electron chi connectivity index (χ1n) is 4.87. The Kier molecular flexibility index (Phi) is 3.77. The minimum atomic E-state index is -0.571. The van der Waals surface area contributed by atoms with Crippen LogP contribution in [-0.2, 0) is 0 Å². The summed E-state index contributed by atoms with van der Waals surface area (Å²) in [7, 11) is 1.73. The average molecular weight is 210 g/mol. The molecular formula is C11H15FN2O. The fourth-order valence-corrected chi connectivity index (χ4v) is 1.35. The van der Waals surface area contributed by atoms with Crippen molar-refractivity contribution in [1.29, 1.82) is 0 Å². The van der Waals surface area contributed by atoms with Gasteiger partial charge >= 0.3 is 0 Å². The van der Waals surface area contributed by atoms with Gasteiger partial charge < -0.3 is 4.90 Å². The number of carbonyl (C=O) groups is 1. The molecular weight excluding hydrogens is 195 g/mol. The molecule has 1 aromatic heterocycles. The van der Waals surface area contributed by atoms with Crippen LogP contribution in [0.1, 0.15) is 24.2 Å². The molecule has 1 amide bonds. The van der Waals surface area contributed by atoms with Gasteiger partial charge in [0, 0.05) is 19.8 Å². The lowest BCUT2D eigenvalue weighted by molar-refractivity contribution is 0.0778. The van der Waals surface area contributed by atoms with Crippen molar-refractivity contribution < 1.29 is 9.18 Å². The Labute approximate surface area is 88.9 Å². The summed E-state index contributed by atoms with van der Waals surface area (Å²) in [6.45, 7) is 4.75. The number of aromatic nitrogens is 1. The summed E-state index contributed by atoms with van der Waals surface area (Å²) < 4.78 is 12.5. The zero-order valence-electron chi connectivity index (χ0n) is 9.20. The highest BCUT2D eigenvalue weighted by Crippen LogP contribution is 2.05. The number of hydrogen-bond acceptors (Lipinski definition) is 2. The second kappa shape index (κ2) is 4.87. The lowest BCUT2D eigenvalue weighted by Crippen LogP contribution is -2.30. The topological polar surface area (TPSA) is 33.2 Å². The van der Waals surface area contributed by atoms with Crippen molar-refractivity contribution in [1.82, 2.24) is 9.88 Å². The van der Waals surface area contributed by atoms with Crippen LogP contribution in [0.5, 0.6) is 0 Å². The van der Waals surface area contributed by atoms with Crippen molar-refractivity contribution in [3.63, 3.8) is 0 Å². The van der Waals surface area contributed by atoms with Crippen LogP contribution in [0.25, 0.3) is 0 Å². The molecule has 1 rings (SSSR count). The van der Waals surface area contributed by atoms with Crippen molar-refractivity contribution in [3.05, 3.63) is 29.8 Å². The van der Waals surface area contributed by atoms with Gasteiger partial charge in [-0.05, 0) is 18.1 Å². The molecule has 3 nitrogen and oxygen atoms in total. The summed E-state index contributed by atoms with van der Waals surface area (Å²) in [4.78, 5) is 16.8. The highest BCUT2D eigenvalue weighted by molar-refractivity contribution is 5.93. The zero-order valence-corrected chi connectivity index (χ0v) is 9.20. The predicted molar refractivity (Wildman–Crippen MR) is 56.0 cm³/mol. The molecule has 0 fully saturated rings. The third-order valence-electron chi connectivity index (χ3n) is 1.96. The molecule has 0 N–H and O–H groups in total. The summed E-state index contributed by atoms with van der Waals surface area (Å²) >= 11 is 0. The molecule has 0 aliphatic rings. The van der Waals surface area contributed by atoms with E-state index in [0.29, 0.717) is 18.0 Å². The Morgan fingerprint density at radius 3 is 2.67 bits per heavy atom. The van der Waals surface area contributed by atoms with E-state index in [4.69, 9.17) is 0 Å². The maximum absolute atomic E-state index is 12.5. The standard InChI is InChI=1S/C11H15FN2O/c1-8(2)7-14(3)11(15)9-4-5-10(12)13-6-9/h4-6,8H,7H2,1-3H3. The number of pyridine rings is 1. The molecule has 0 aliphatic heterocycles. The minimum absolute atomic E-state index is 0.129. The van der Waals surface area contributed by atoms with Gasteiger partial charge in [-0.2, -0.15) is 4.39 Å². The highest BCUT2D eigenvalue weighted by atomic mass is 19.1. The van der Waals surface area contributed by atoms with E-state index in [1.165, 1.54) is 18.3 Å². The molecule has 1 aromatic rings. The second-order valence-electron chi connectivity index (χ2n) is 3.95. The largest absolute Gasteiger partial charge is 0.341 e. The van der Waals surface area contributed by atoms with Crippen molar-refractivity contribution in [2.75, 3.05) is 13.6 Å². The molecule has 0 radical (unpaired) electrons. The summed E-state index contributed by atoms with van der Waals surface area (Å²) in [6, 6.07) is 2.64. The van der Waals surface area contributed by atoms with Crippen molar-refractivity contribution in [2.24, 2.45) is 5.92 Å². The van der Waals surface area contributed by atoms with E-state index in [9.17, 15) is 9.18 Å². The molecule has 4 heteroatoms. The molecule has 0 bridgehead atoms. The van der Waals surface area contributed by atoms with E-state index in [0.717, 1.165) is 0 Å². The van der Waals surface area contributed by atoms with Gasteiger partial charge in [0.2, 0.25) is 5.95 Å². The fraction of sp³-hybridized carbons (Fsp3) is 0.455. The molecule has 0 aromatic carbocycles. The zero-order chi connectivity index (χ0) is 11.4. The van der Waals surface area contributed by atoms with E-state index in [1.54, 1.807) is 11.9 Å². The van der Waals surface area contributed by atoms with Gasteiger partial charge in [0.1, 0.15) is 0 Å². The molecule has 0 aliphatic carbocycles. The van der Waals surface area contributed by atoms with Crippen molar-refractivity contribution >= 4 is 5.91 Å². The molecule has 1 heterocycles. The summed E-state index contributed by atoms with van der Waals surface area (Å²) in [5.41, 5.74) is 0.416. The van der Waals surface area contributed by atoms with Gasteiger partial charge in [-0.3, -0.25) is 4.79 Å². The predicted octanol–water partition coefficient (Wildman–Crippen LogP) is 1.95. The molecule has 0 atom stereocenters. The maximum atomic E-state index is 12.5. The number of amides is 1. The van der Waals surface area contributed by atoms with Gasteiger partial charge in [0.05, 0.1) is 5.56 Å². The van der Waals surface area contributed by atoms with Crippen molar-refractivity contribution in [2.45, 2.75) is 13.8 Å². The minimum Gasteiger partial charge on any atom is -0.341 e. The molecule has 0 saturated heterocycles. The Bertz CT molecular complexity index is 335. The number of rotatable bonds is 3. The molecule has 82 valence electrons. The van der Waals surface area contributed by atoms with Gasteiger partial charge in [-0.25, -0.2) is 4.98 Å². The van der Waals surface area contributed by atoms with Gasteiger partial charge in [0.25, 0.3) is 5.91 Å². The monoisotopic (exact) mass is 210 g/mol. The molecule has 0 spiro atoms. The molecule has 0 saturated carbocycles. The first-order chi connectivity index (χ1) is 7.00. The number of carbonyl (C=O) groups excluding carboxylic acids is 1. The summed E-state index contributed by atoms with van der Waals surface area (Å²) in [5, 5.41) is 0. The highest BCUT2D eigenvalue weighted by Gasteiger charge is 2.12. The van der Waals surface area contributed by atoms with Crippen LogP contribution >= 0.6 is 0 Å². The lowest BCUT2D eigenvalue weighted by atomic mass is 10.2. The quantitative estimate of drug-likeness (QED) is 0.714. The van der Waals surface area contributed by atoms with Crippen LogP contribution in [0.4, 0.5) is 4.39 Å². The number of halogens is 1. The van der Waals surface area contributed by atoms with Crippen LogP contribution in [0.2, 0.25) is 0 Å². The first kappa shape index (κ1) is 11.6. The summed E-state index contributed by atoms with van der Waals surface area (Å²) in [6.07, 6.45) is 1.26. The lowest BCUT2D eigenvalue weighted by Gasteiger charge is -2.19. The third-order valence-corrected chi connectivity index (χ3v) is 1.96. The smallest absolute Gasteiger partial charge is 0.255 e. The van der Waals surface area contributed by atoms with Crippen LogP contribution in [0.15, 0.2) is 18.3 Å². The van der Waals surface area contributed by atoms with Gasteiger partial charge in [0.15, 0.2) is 0 Å². The Hall–Kier alpha value is -1.45. The van der Waals surface area contributed by atoms with E-state index in [1.807, 2.05) is 13.8 Å². The van der Waals surface area contributed by atoms with Crippen LogP contribution in [0.3, 0.4) is 0 Å². The molecule has 0 unspecified atom stereocenters. The van der Waals surface area contributed by atoms with E-state index in [2.05, 4.69) is 4.98 Å². The SMILES string of the molecule is CC(C)CN(C)C(=O)c1ccc(F)nc1. The fourth-order valence-electron chi connectivity index (χ4n) is 1.35. The van der Waals surface area contributed by atoms with Crippen LogP contribution in [0, 0.1) is 11.9 Å². The van der Waals surface area contributed by atoms with E-state index < -0.39 is 5.95 Å². The van der Waals surface area contributed by atoms with E-state index >= 15 is 0 Å².